The molecule has 2 aliphatic carbocycles. The first-order valence-corrected chi connectivity index (χ1v) is 10.4. The first-order valence-electron chi connectivity index (χ1n) is 8.50. The van der Waals surface area contributed by atoms with Crippen molar-refractivity contribution in [2.75, 3.05) is 6.26 Å². The van der Waals surface area contributed by atoms with Crippen LogP contribution in [-0.4, -0.2) is 20.8 Å². The molecule has 0 aliphatic heterocycles. The highest BCUT2D eigenvalue weighted by molar-refractivity contribution is 7.90. The Hall–Kier alpha value is -1.68. The highest BCUT2D eigenvalue weighted by atomic mass is 32.2. The molecule has 0 saturated carbocycles. The molecule has 0 aromatic heterocycles. The summed E-state index contributed by atoms with van der Waals surface area (Å²) in [7, 11) is -3.16. The second-order valence-corrected chi connectivity index (χ2v) is 7.89. The summed E-state index contributed by atoms with van der Waals surface area (Å²) in [6.07, 6.45) is 9.31. The molecule has 24 heavy (non-hydrogen) atoms. The van der Waals surface area contributed by atoms with Crippen LogP contribution in [0.4, 0.5) is 4.39 Å². The van der Waals surface area contributed by atoms with E-state index in [0.29, 0.717) is 11.3 Å². The second kappa shape index (κ2) is 7.93. The van der Waals surface area contributed by atoms with Crippen LogP contribution in [0.3, 0.4) is 0 Å². The summed E-state index contributed by atoms with van der Waals surface area (Å²) in [5.74, 6) is 0. The van der Waals surface area contributed by atoms with E-state index in [0.717, 1.165) is 30.4 Å². The second-order valence-electron chi connectivity index (χ2n) is 5.88. The molecule has 1 unspecified atom stereocenters. The lowest BCUT2D eigenvalue weighted by molar-refractivity contribution is 0.401. The first kappa shape index (κ1) is 18.7. The SMILES string of the molecule is CC.CS(=O)(=O)c1ccc(C2=C(C3=CCC(F)C=C3)CCC2)cc1. The van der Waals surface area contributed by atoms with Crippen LogP contribution in [-0.2, 0) is 9.84 Å². The fourth-order valence-corrected chi connectivity index (χ4v) is 3.73. The Balaban J connectivity index is 0.00000100. The average Bonchev–Trinajstić information content (AvgIpc) is 3.06. The van der Waals surface area contributed by atoms with Crippen LogP contribution in [0.15, 0.2) is 58.5 Å². The minimum atomic E-state index is -3.16. The van der Waals surface area contributed by atoms with E-state index in [1.165, 1.54) is 17.4 Å². The molecule has 0 saturated heterocycles. The Bertz CT molecular complexity index is 768. The van der Waals surface area contributed by atoms with E-state index in [1.807, 2.05) is 38.1 Å². The van der Waals surface area contributed by atoms with Gasteiger partial charge in [-0.05, 0) is 59.8 Å². The van der Waals surface area contributed by atoms with E-state index in [2.05, 4.69) is 0 Å². The molecule has 4 heteroatoms. The van der Waals surface area contributed by atoms with Crippen molar-refractivity contribution in [3.05, 3.63) is 59.2 Å². The summed E-state index contributed by atoms with van der Waals surface area (Å²) < 4.78 is 36.3. The van der Waals surface area contributed by atoms with Crippen LogP contribution in [0.2, 0.25) is 0 Å². The molecule has 0 heterocycles. The summed E-state index contributed by atoms with van der Waals surface area (Å²) in [5, 5.41) is 0. The number of sulfone groups is 1. The predicted octanol–water partition coefficient (Wildman–Crippen LogP) is 5.28. The molecule has 0 fully saturated rings. The van der Waals surface area contributed by atoms with Gasteiger partial charge in [-0.25, -0.2) is 12.8 Å². The maximum Gasteiger partial charge on any atom is 0.175 e. The molecular weight excluding hydrogens is 323 g/mol. The van der Waals surface area contributed by atoms with Crippen molar-refractivity contribution in [2.45, 2.75) is 50.6 Å². The van der Waals surface area contributed by atoms with Gasteiger partial charge in [-0.3, -0.25) is 0 Å². The molecule has 0 N–H and O–H groups in total. The Morgan fingerprint density at radius 1 is 1.04 bits per heavy atom. The van der Waals surface area contributed by atoms with E-state index in [4.69, 9.17) is 0 Å². The van der Waals surface area contributed by atoms with Gasteiger partial charge in [0.1, 0.15) is 6.17 Å². The predicted molar refractivity (Wildman–Crippen MR) is 98.4 cm³/mol. The van der Waals surface area contributed by atoms with Gasteiger partial charge in [-0.2, -0.15) is 0 Å². The molecule has 3 rings (SSSR count). The third-order valence-corrected chi connectivity index (χ3v) is 5.37. The van der Waals surface area contributed by atoms with Gasteiger partial charge in [-0.15, -0.1) is 0 Å². The van der Waals surface area contributed by atoms with Crippen molar-refractivity contribution in [3.8, 4) is 0 Å². The molecule has 2 nitrogen and oxygen atoms in total. The Labute approximate surface area is 144 Å². The number of halogens is 1. The zero-order chi connectivity index (χ0) is 17.7. The molecule has 0 amide bonds. The molecule has 2 aliphatic rings. The normalized spacial score (nSPS) is 20.5. The molecule has 0 radical (unpaired) electrons. The lowest BCUT2D eigenvalue weighted by Gasteiger charge is -2.14. The molecule has 1 aromatic carbocycles. The molecular formula is C20H25FO2S. The number of allylic oxidation sites excluding steroid dienone is 6. The zero-order valence-corrected chi connectivity index (χ0v) is 15.4. The lowest BCUT2D eigenvalue weighted by atomic mass is 9.93. The number of alkyl halides is 1. The zero-order valence-electron chi connectivity index (χ0n) is 14.5. The van der Waals surface area contributed by atoms with Crippen LogP contribution >= 0.6 is 0 Å². The van der Waals surface area contributed by atoms with Gasteiger partial charge in [0.15, 0.2) is 9.84 Å². The van der Waals surface area contributed by atoms with Crippen LogP contribution in [0.1, 0.15) is 45.1 Å². The Morgan fingerprint density at radius 2 is 1.67 bits per heavy atom. The van der Waals surface area contributed by atoms with Crippen LogP contribution < -0.4 is 0 Å². The summed E-state index contributed by atoms with van der Waals surface area (Å²) in [5.41, 5.74) is 4.72. The van der Waals surface area contributed by atoms with Gasteiger partial charge in [0.25, 0.3) is 0 Å². The van der Waals surface area contributed by atoms with Gasteiger partial charge in [-0.1, -0.05) is 38.1 Å². The van der Waals surface area contributed by atoms with E-state index >= 15 is 0 Å². The molecule has 1 aromatic rings. The summed E-state index contributed by atoms with van der Waals surface area (Å²) in [4.78, 5) is 0.341. The Kier molecular flexibility index (Phi) is 6.16. The van der Waals surface area contributed by atoms with Crippen LogP contribution in [0, 0.1) is 0 Å². The molecule has 1 atom stereocenters. The van der Waals surface area contributed by atoms with E-state index in [-0.39, 0.29) is 0 Å². The highest BCUT2D eigenvalue weighted by Gasteiger charge is 2.20. The van der Waals surface area contributed by atoms with E-state index in [1.54, 1.807) is 18.2 Å². The standard InChI is InChI=1S/C18H19FO2S.C2H6/c1-22(20,21)16-11-7-14(8-12-16)18-4-2-3-17(18)13-5-9-15(19)10-6-13;1-2/h5-9,11-12,15H,2-4,10H2,1H3;1-2H3. The Morgan fingerprint density at radius 3 is 2.21 bits per heavy atom. The molecule has 0 spiro atoms. The lowest BCUT2D eigenvalue weighted by Crippen LogP contribution is -2.00. The van der Waals surface area contributed by atoms with Gasteiger partial charge in [0.05, 0.1) is 4.90 Å². The van der Waals surface area contributed by atoms with Gasteiger partial charge in [0, 0.05) is 12.7 Å². The summed E-state index contributed by atoms with van der Waals surface area (Å²) in [6.45, 7) is 4.00. The van der Waals surface area contributed by atoms with Crippen molar-refractivity contribution in [3.63, 3.8) is 0 Å². The number of hydrogen-bond acceptors (Lipinski definition) is 2. The molecule has 0 bridgehead atoms. The van der Waals surface area contributed by atoms with Gasteiger partial charge >= 0.3 is 0 Å². The maximum absolute atomic E-state index is 13.2. The minimum absolute atomic E-state index is 0.341. The topological polar surface area (TPSA) is 34.1 Å². The number of benzene rings is 1. The van der Waals surface area contributed by atoms with E-state index in [9.17, 15) is 12.8 Å². The highest BCUT2D eigenvalue weighted by Crippen LogP contribution is 2.39. The van der Waals surface area contributed by atoms with Crippen molar-refractivity contribution < 1.29 is 12.8 Å². The van der Waals surface area contributed by atoms with E-state index < -0.39 is 16.0 Å². The quantitative estimate of drug-likeness (QED) is 0.745. The van der Waals surface area contributed by atoms with Crippen molar-refractivity contribution in [1.29, 1.82) is 0 Å². The average molecular weight is 348 g/mol. The van der Waals surface area contributed by atoms with Crippen molar-refractivity contribution in [1.82, 2.24) is 0 Å². The fraction of sp³-hybridized carbons (Fsp3) is 0.400. The number of rotatable bonds is 3. The largest absolute Gasteiger partial charge is 0.243 e. The van der Waals surface area contributed by atoms with Gasteiger partial charge < -0.3 is 0 Å². The maximum atomic E-state index is 13.2. The summed E-state index contributed by atoms with van der Waals surface area (Å²) >= 11 is 0. The first-order chi connectivity index (χ1) is 11.4. The molecule has 130 valence electrons. The van der Waals surface area contributed by atoms with Crippen LogP contribution in [0.5, 0.6) is 0 Å². The third-order valence-electron chi connectivity index (χ3n) is 4.24. The van der Waals surface area contributed by atoms with Gasteiger partial charge in [0.2, 0.25) is 0 Å². The summed E-state index contributed by atoms with van der Waals surface area (Å²) in [6, 6.07) is 7.08. The smallest absolute Gasteiger partial charge is 0.175 e. The number of hydrogen-bond donors (Lipinski definition) is 0. The minimum Gasteiger partial charge on any atom is -0.243 e. The third kappa shape index (κ3) is 4.23. The van der Waals surface area contributed by atoms with Crippen molar-refractivity contribution >= 4 is 15.4 Å². The van der Waals surface area contributed by atoms with Crippen LogP contribution in [0.25, 0.3) is 5.57 Å². The fourth-order valence-electron chi connectivity index (χ4n) is 3.10. The van der Waals surface area contributed by atoms with Crippen molar-refractivity contribution in [2.24, 2.45) is 0 Å². The monoisotopic (exact) mass is 348 g/mol.